The molecule has 0 bridgehead atoms. The van der Waals surface area contributed by atoms with Gasteiger partial charge in [-0.1, -0.05) is 35.9 Å². The highest BCUT2D eigenvalue weighted by molar-refractivity contribution is 7.80. The number of anilines is 1. The summed E-state index contributed by atoms with van der Waals surface area (Å²) in [6.45, 7) is 1.90. The fraction of sp³-hybridized carbons (Fsp3) is 0.176. The van der Waals surface area contributed by atoms with Crippen molar-refractivity contribution < 1.29 is 9.90 Å². The topological polar surface area (TPSA) is 61.4 Å². The number of hydrogen-bond donors (Lipinski definition) is 3. The zero-order valence-corrected chi connectivity index (χ0v) is 14.2. The van der Waals surface area contributed by atoms with Crippen molar-refractivity contribution in [1.82, 2.24) is 5.32 Å². The Hall–Kier alpha value is -2.11. The van der Waals surface area contributed by atoms with E-state index in [1.807, 2.05) is 25.1 Å². The van der Waals surface area contributed by atoms with Gasteiger partial charge in [-0.25, -0.2) is 0 Å². The quantitative estimate of drug-likeness (QED) is 0.581. The molecule has 0 heterocycles. The van der Waals surface area contributed by atoms with Gasteiger partial charge < -0.3 is 15.7 Å². The van der Waals surface area contributed by atoms with E-state index >= 15 is 0 Å². The third-order valence-electron chi connectivity index (χ3n) is 3.23. The number of aromatic hydroxyl groups is 1. The highest BCUT2D eigenvalue weighted by Crippen LogP contribution is 2.23. The molecule has 0 fully saturated rings. The normalized spacial score (nSPS) is 10.2. The van der Waals surface area contributed by atoms with Crippen molar-refractivity contribution in [2.24, 2.45) is 0 Å². The maximum atomic E-state index is 11.9. The lowest BCUT2D eigenvalue weighted by molar-refractivity contribution is -0.119. The van der Waals surface area contributed by atoms with Crippen molar-refractivity contribution in [2.45, 2.75) is 19.8 Å². The number of aryl methyl sites for hydroxylation is 2. The molecule has 0 aromatic heterocycles. The first kappa shape index (κ1) is 17.2. The van der Waals surface area contributed by atoms with Crippen LogP contribution in [0.4, 0.5) is 5.69 Å². The van der Waals surface area contributed by atoms with E-state index < -0.39 is 0 Å². The van der Waals surface area contributed by atoms with E-state index in [1.165, 1.54) is 0 Å². The Morgan fingerprint density at radius 1 is 1.26 bits per heavy atom. The van der Waals surface area contributed by atoms with Crippen LogP contribution in [0.3, 0.4) is 0 Å². The van der Waals surface area contributed by atoms with Crippen LogP contribution in [0.2, 0.25) is 5.02 Å². The van der Waals surface area contributed by atoms with Crippen LogP contribution in [0.5, 0.6) is 5.75 Å². The first-order valence-corrected chi connectivity index (χ1v) is 7.88. The Morgan fingerprint density at radius 3 is 2.74 bits per heavy atom. The minimum Gasteiger partial charge on any atom is -0.506 e. The molecule has 23 heavy (non-hydrogen) atoms. The molecular weight excluding hydrogens is 332 g/mol. The second-order valence-electron chi connectivity index (χ2n) is 5.11. The van der Waals surface area contributed by atoms with Gasteiger partial charge >= 0.3 is 0 Å². The first-order chi connectivity index (χ1) is 11.0. The number of carbonyl (C=O) groups is 1. The fourth-order valence-electron chi connectivity index (χ4n) is 2.04. The Bertz CT molecular complexity index is 734. The van der Waals surface area contributed by atoms with E-state index in [4.69, 9.17) is 23.8 Å². The number of thiocarbonyl (C=S) groups is 1. The molecule has 0 saturated carbocycles. The molecule has 0 spiro atoms. The Morgan fingerprint density at radius 2 is 2.00 bits per heavy atom. The summed E-state index contributed by atoms with van der Waals surface area (Å²) in [4.78, 5) is 11.9. The number of phenols is 1. The molecule has 2 aromatic rings. The highest BCUT2D eigenvalue weighted by atomic mass is 35.5. The molecule has 0 aliphatic rings. The lowest BCUT2D eigenvalue weighted by Crippen LogP contribution is -2.34. The molecule has 120 valence electrons. The molecule has 2 aromatic carbocycles. The molecule has 0 saturated heterocycles. The molecule has 1 amide bonds. The van der Waals surface area contributed by atoms with Gasteiger partial charge in [-0.05, 0) is 54.9 Å². The summed E-state index contributed by atoms with van der Waals surface area (Å²) in [7, 11) is 0. The number of amides is 1. The summed E-state index contributed by atoms with van der Waals surface area (Å²) in [6, 6.07) is 12.5. The number of halogens is 1. The number of carbonyl (C=O) groups excluding carboxylic acids is 1. The fourth-order valence-corrected chi connectivity index (χ4v) is 2.50. The SMILES string of the molecule is Cc1ccc(O)c(NC(=S)NC(=O)CCc2ccccc2Cl)c1. The molecule has 0 radical (unpaired) electrons. The third kappa shape index (κ3) is 5.23. The lowest BCUT2D eigenvalue weighted by Gasteiger charge is -2.11. The average Bonchev–Trinajstić information content (AvgIpc) is 2.50. The summed E-state index contributed by atoms with van der Waals surface area (Å²) >= 11 is 11.1. The second-order valence-corrected chi connectivity index (χ2v) is 5.93. The van der Waals surface area contributed by atoms with Crippen LogP contribution in [-0.2, 0) is 11.2 Å². The van der Waals surface area contributed by atoms with E-state index in [2.05, 4.69) is 10.6 Å². The van der Waals surface area contributed by atoms with Crippen molar-refractivity contribution in [1.29, 1.82) is 0 Å². The van der Waals surface area contributed by atoms with E-state index in [0.717, 1.165) is 11.1 Å². The molecular formula is C17H17ClN2O2S. The molecule has 0 unspecified atom stereocenters. The Kier molecular flexibility index (Phi) is 5.96. The third-order valence-corrected chi connectivity index (χ3v) is 3.81. The van der Waals surface area contributed by atoms with Gasteiger partial charge in [0.15, 0.2) is 5.11 Å². The number of benzene rings is 2. The van der Waals surface area contributed by atoms with E-state index in [0.29, 0.717) is 17.1 Å². The standard InChI is InChI=1S/C17H17ClN2O2S/c1-11-6-8-15(21)14(10-11)19-17(23)20-16(22)9-7-12-4-2-3-5-13(12)18/h2-6,8,10,21H,7,9H2,1H3,(H2,19,20,22,23). The zero-order chi connectivity index (χ0) is 16.8. The van der Waals surface area contributed by atoms with Crippen LogP contribution in [0.1, 0.15) is 17.5 Å². The molecule has 3 N–H and O–H groups in total. The summed E-state index contributed by atoms with van der Waals surface area (Å²) in [5.74, 6) is -0.141. The predicted molar refractivity (Wildman–Crippen MR) is 97.0 cm³/mol. The van der Waals surface area contributed by atoms with Crippen LogP contribution in [0.15, 0.2) is 42.5 Å². The van der Waals surface area contributed by atoms with Gasteiger partial charge in [0.25, 0.3) is 0 Å². The van der Waals surface area contributed by atoms with Gasteiger partial charge in [-0.2, -0.15) is 0 Å². The van der Waals surface area contributed by atoms with Gasteiger partial charge in [0.1, 0.15) is 5.75 Å². The smallest absolute Gasteiger partial charge is 0.226 e. The Labute approximate surface area is 145 Å². The minimum atomic E-state index is -0.213. The number of nitrogens with one attached hydrogen (secondary N) is 2. The maximum absolute atomic E-state index is 11.9. The number of hydrogen-bond acceptors (Lipinski definition) is 3. The van der Waals surface area contributed by atoms with Crippen LogP contribution < -0.4 is 10.6 Å². The predicted octanol–water partition coefficient (Wildman–Crippen LogP) is 3.80. The first-order valence-electron chi connectivity index (χ1n) is 7.09. The summed E-state index contributed by atoms with van der Waals surface area (Å²) in [6.07, 6.45) is 0.801. The van der Waals surface area contributed by atoms with Crippen LogP contribution in [0.25, 0.3) is 0 Å². The highest BCUT2D eigenvalue weighted by Gasteiger charge is 2.09. The molecule has 2 rings (SSSR count). The molecule has 6 heteroatoms. The molecule has 4 nitrogen and oxygen atoms in total. The summed E-state index contributed by atoms with van der Waals surface area (Å²) in [5, 5.41) is 16.0. The summed E-state index contributed by atoms with van der Waals surface area (Å²) < 4.78 is 0. The van der Waals surface area contributed by atoms with Crippen molar-refractivity contribution >= 4 is 40.5 Å². The van der Waals surface area contributed by atoms with Crippen molar-refractivity contribution in [3.8, 4) is 5.75 Å². The summed E-state index contributed by atoms with van der Waals surface area (Å²) in [5.41, 5.74) is 2.35. The van der Waals surface area contributed by atoms with Crippen molar-refractivity contribution in [3.63, 3.8) is 0 Å². The van der Waals surface area contributed by atoms with Crippen molar-refractivity contribution in [3.05, 3.63) is 58.6 Å². The van der Waals surface area contributed by atoms with Crippen LogP contribution in [0, 0.1) is 6.92 Å². The second kappa shape index (κ2) is 7.94. The van der Waals surface area contributed by atoms with Gasteiger partial charge in [0.05, 0.1) is 5.69 Å². The minimum absolute atomic E-state index is 0.0725. The van der Waals surface area contributed by atoms with Gasteiger partial charge in [-0.3, -0.25) is 4.79 Å². The van der Waals surface area contributed by atoms with Gasteiger partial charge in [0.2, 0.25) is 5.91 Å². The lowest BCUT2D eigenvalue weighted by atomic mass is 10.1. The van der Waals surface area contributed by atoms with Crippen LogP contribution in [-0.4, -0.2) is 16.1 Å². The molecule has 0 atom stereocenters. The van der Waals surface area contributed by atoms with E-state index in [1.54, 1.807) is 24.3 Å². The number of rotatable bonds is 4. The molecule has 0 aliphatic carbocycles. The Balaban J connectivity index is 1.86. The number of phenolic OH excluding ortho intramolecular Hbond substituents is 1. The van der Waals surface area contributed by atoms with Gasteiger partial charge in [0, 0.05) is 11.4 Å². The monoisotopic (exact) mass is 348 g/mol. The van der Waals surface area contributed by atoms with E-state index in [9.17, 15) is 9.90 Å². The average molecular weight is 349 g/mol. The van der Waals surface area contributed by atoms with Gasteiger partial charge in [-0.15, -0.1) is 0 Å². The zero-order valence-electron chi connectivity index (χ0n) is 12.6. The van der Waals surface area contributed by atoms with Crippen molar-refractivity contribution in [2.75, 3.05) is 5.32 Å². The van der Waals surface area contributed by atoms with E-state index in [-0.39, 0.29) is 23.2 Å². The largest absolute Gasteiger partial charge is 0.506 e. The molecule has 0 aliphatic heterocycles. The maximum Gasteiger partial charge on any atom is 0.226 e. The van der Waals surface area contributed by atoms with Crippen LogP contribution >= 0.6 is 23.8 Å².